The molecule has 0 aliphatic rings. The number of carbonyl (C=O) groups is 1. The van der Waals surface area contributed by atoms with Gasteiger partial charge in [-0.25, -0.2) is 0 Å². The Morgan fingerprint density at radius 1 is 1.35 bits per heavy atom. The molecule has 2 aromatic heterocycles. The molecular formula is C12H9N3O2. The Bertz CT molecular complexity index is 655. The van der Waals surface area contributed by atoms with Gasteiger partial charge in [0.2, 0.25) is 0 Å². The van der Waals surface area contributed by atoms with Crippen molar-refractivity contribution in [1.82, 2.24) is 10.1 Å². The first-order chi connectivity index (χ1) is 8.33. The summed E-state index contributed by atoms with van der Waals surface area (Å²) in [5.41, 5.74) is 2.06. The van der Waals surface area contributed by atoms with Crippen LogP contribution >= 0.6 is 0 Å². The second-order valence-electron chi connectivity index (χ2n) is 3.65. The highest BCUT2D eigenvalue weighted by Gasteiger charge is 2.08. The van der Waals surface area contributed by atoms with Crippen molar-refractivity contribution in [3.8, 4) is 0 Å². The van der Waals surface area contributed by atoms with Gasteiger partial charge in [0.05, 0.1) is 6.20 Å². The molecule has 2 heterocycles. The van der Waals surface area contributed by atoms with Gasteiger partial charge in [-0.1, -0.05) is 11.2 Å². The van der Waals surface area contributed by atoms with E-state index >= 15 is 0 Å². The van der Waals surface area contributed by atoms with Gasteiger partial charge in [0.25, 0.3) is 5.91 Å². The molecule has 0 aliphatic heterocycles. The fourth-order valence-corrected chi connectivity index (χ4v) is 1.66. The van der Waals surface area contributed by atoms with Crippen LogP contribution in [-0.2, 0) is 0 Å². The third-order valence-electron chi connectivity index (χ3n) is 2.51. The second-order valence-corrected chi connectivity index (χ2v) is 3.65. The minimum atomic E-state index is -0.190. The van der Waals surface area contributed by atoms with Crippen LogP contribution in [0, 0.1) is 0 Å². The van der Waals surface area contributed by atoms with E-state index in [9.17, 15) is 4.79 Å². The van der Waals surface area contributed by atoms with Crippen molar-refractivity contribution in [2.75, 3.05) is 5.32 Å². The lowest BCUT2D eigenvalue weighted by atomic mass is 10.1. The fraction of sp³-hybridized carbons (Fsp3) is 0. The molecule has 0 spiro atoms. The first-order valence-corrected chi connectivity index (χ1v) is 5.11. The molecule has 0 bridgehead atoms. The zero-order valence-electron chi connectivity index (χ0n) is 8.81. The van der Waals surface area contributed by atoms with E-state index in [0.717, 1.165) is 10.9 Å². The normalized spacial score (nSPS) is 10.6. The summed E-state index contributed by atoms with van der Waals surface area (Å²) in [4.78, 5) is 14.9. The standard InChI is InChI=1S/C12H9N3O2/c16-12(15-10-6-14-17-7-10)9-2-1-8-3-4-13-11(8)5-9/h1-7,13H,(H,15,16). The molecule has 0 radical (unpaired) electrons. The van der Waals surface area contributed by atoms with E-state index in [-0.39, 0.29) is 5.91 Å². The van der Waals surface area contributed by atoms with Crippen LogP contribution in [0.25, 0.3) is 10.9 Å². The highest BCUT2D eigenvalue weighted by molar-refractivity contribution is 6.05. The lowest BCUT2D eigenvalue weighted by Gasteiger charge is -2.01. The summed E-state index contributed by atoms with van der Waals surface area (Å²) >= 11 is 0. The van der Waals surface area contributed by atoms with Gasteiger partial charge in [0, 0.05) is 17.3 Å². The number of amides is 1. The number of aromatic amines is 1. The van der Waals surface area contributed by atoms with E-state index in [1.54, 1.807) is 12.1 Å². The van der Waals surface area contributed by atoms with Crippen molar-refractivity contribution in [3.05, 3.63) is 48.5 Å². The first-order valence-electron chi connectivity index (χ1n) is 5.11. The monoisotopic (exact) mass is 227 g/mol. The molecule has 1 amide bonds. The summed E-state index contributed by atoms with van der Waals surface area (Å²) in [6.45, 7) is 0. The van der Waals surface area contributed by atoms with Crippen LogP contribution < -0.4 is 5.32 Å². The Morgan fingerprint density at radius 2 is 2.29 bits per heavy atom. The lowest BCUT2D eigenvalue weighted by Crippen LogP contribution is -2.11. The number of aromatic nitrogens is 2. The Kier molecular flexibility index (Phi) is 2.15. The average molecular weight is 227 g/mol. The summed E-state index contributed by atoms with van der Waals surface area (Å²) in [7, 11) is 0. The fourth-order valence-electron chi connectivity index (χ4n) is 1.66. The number of nitrogens with zero attached hydrogens (tertiary/aromatic N) is 1. The Morgan fingerprint density at radius 3 is 3.12 bits per heavy atom. The summed E-state index contributed by atoms with van der Waals surface area (Å²) in [5.74, 6) is -0.190. The van der Waals surface area contributed by atoms with Gasteiger partial charge >= 0.3 is 0 Å². The van der Waals surface area contributed by atoms with Crippen LogP contribution in [0.2, 0.25) is 0 Å². The van der Waals surface area contributed by atoms with E-state index in [2.05, 4.69) is 20.0 Å². The van der Waals surface area contributed by atoms with Gasteiger partial charge in [-0.3, -0.25) is 4.79 Å². The number of hydrogen-bond acceptors (Lipinski definition) is 3. The van der Waals surface area contributed by atoms with Gasteiger partial charge in [0.1, 0.15) is 12.0 Å². The van der Waals surface area contributed by atoms with Crippen LogP contribution in [0.4, 0.5) is 5.69 Å². The molecule has 5 nitrogen and oxygen atoms in total. The number of hydrogen-bond donors (Lipinski definition) is 2. The number of H-pyrrole nitrogens is 1. The van der Waals surface area contributed by atoms with Crippen molar-refractivity contribution in [2.45, 2.75) is 0 Å². The van der Waals surface area contributed by atoms with E-state index in [4.69, 9.17) is 0 Å². The second kappa shape index (κ2) is 3.79. The minimum absolute atomic E-state index is 0.190. The summed E-state index contributed by atoms with van der Waals surface area (Å²) in [6, 6.07) is 7.43. The van der Waals surface area contributed by atoms with Crippen molar-refractivity contribution < 1.29 is 9.32 Å². The van der Waals surface area contributed by atoms with Crippen molar-refractivity contribution in [1.29, 1.82) is 0 Å². The maximum absolute atomic E-state index is 11.9. The van der Waals surface area contributed by atoms with Crippen LogP contribution in [-0.4, -0.2) is 16.0 Å². The Balaban J connectivity index is 1.90. The van der Waals surface area contributed by atoms with Crippen LogP contribution in [0.5, 0.6) is 0 Å². The molecule has 84 valence electrons. The number of fused-ring (bicyclic) bond motifs is 1. The number of carbonyl (C=O) groups excluding carboxylic acids is 1. The quantitative estimate of drug-likeness (QED) is 0.706. The van der Waals surface area contributed by atoms with Crippen molar-refractivity contribution >= 4 is 22.5 Å². The molecule has 5 heteroatoms. The molecule has 0 saturated carbocycles. The molecule has 3 aromatic rings. The maximum atomic E-state index is 11.9. The van der Waals surface area contributed by atoms with Crippen molar-refractivity contribution in [2.24, 2.45) is 0 Å². The molecule has 0 atom stereocenters. The smallest absolute Gasteiger partial charge is 0.255 e. The van der Waals surface area contributed by atoms with Crippen LogP contribution in [0.1, 0.15) is 10.4 Å². The molecule has 17 heavy (non-hydrogen) atoms. The predicted octanol–water partition coefficient (Wildman–Crippen LogP) is 2.41. The average Bonchev–Trinajstić information content (AvgIpc) is 2.97. The third-order valence-corrected chi connectivity index (χ3v) is 2.51. The number of anilines is 1. The highest BCUT2D eigenvalue weighted by atomic mass is 16.5. The topological polar surface area (TPSA) is 70.9 Å². The lowest BCUT2D eigenvalue weighted by molar-refractivity contribution is 0.102. The molecule has 0 saturated heterocycles. The molecular weight excluding hydrogens is 218 g/mol. The van der Waals surface area contributed by atoms with Gasteiger partial charge in [-0.05, 0) is 23.6 Å². The van der Waals surface area contributed by atoms with Gasteiger partial charge < -0.3 is 14.8 Å². The van der Waals surface area contributed by atoms with E-state index < -0.39 is 0 Å². The van der Waals surface area contributed by atoms with Crippen LogP contribution in [0.3, 0.4) is 0 Å². The minimum Gasteiger partial charge on any atom is -0.363 e. The van der Waals surface area contributed by atoms with Crippen molar-refractivity contribution in [3.63, 3.8) is 0 Å². The molecule has 3 rings (SSSR count). The van der Waals surface area contributed by atoms with Gasteiger partial charge in [-0.2, -0.15) is 0 Å². The third kappa shape index (κ3) is 1.78. The maximum Gasteiger partial charge on any atom is 0.255 e. The summed E-state index contributed by atoms with van der Waals surface area (Å²) in [5, 5.41) is 7.28. The van der Waals surface area contributed by atoms with Gasteiger partial charge in [-0.15, -0.1) is 0 Å². The molecule has 0 fully saturated rings. The van der Waals surface area contributed by atoms with Gasteiger partial charge in [0.15, 0.2) is 0 Å². The highest BCUT2D eigenvalue weighted by Crippen LogP contribution is 2.15. The Labute approximate surface area is 96.4 Å². The molecule has 0 unspecified atom stereocenters. The zero-order valence-corrected chi connectivity index (χ0v) is 8.81. The largest absolute Gasteiger partial charge is 0.363 e. The molecule has 2 N–H and O–H groups in total. The van der Waals surface area contributed by atoms with E-state index in [1.165, 1.54) is 12.5 Å². The molecule has 0 aliphatic carbocycles. The number of nitrogens with one attached hydrogen (secondary N) is 2. The summed E-state index contributed by atoms with van der Waals surface area (Å²) in [6.07, 6.45) is 4.67. The zero-order chi connectivity index (χ0) is 11.7. The van der Waals surface area contributed by atoms with Crippen LogP contribution in [0.15, 0.2) is 47.4 Å². The van der Waals surface area contributed by atoms with E-state index in [1.807, 2.05) is 18.3 Å². The summed E-state index contributed by atoms with van der Waals surface area (Å²) < 4.78 is 4.64. The van der Waals surface area contributed by atoms with E-state index in [0.29, 0.717) is 11.3 Å². The Hall–Kier alpha value is -2.56. The number of rotatable bonds is 2. The first kappa shape index (κ1) is 9.65. The number of benzene rings is 1. The molecule has 1 aromatic carbocycles. The predicted molar refractivity (Wildman–Crippen MR) is 62.8 cm³/mol. The SMILES string of the molecule is O=C(Nc1cnoc1)c1ccc2cc[nH]c2c1.